The first kappa shape index (κ1) is 14.8. The highest BCUT2D eigenvalue weighted by molar-refractivity contribution is 6.03. The standard InChI is InChI=1S/C8H10O9/c1-2-8(6(13)14,7(15)16)17-3(4(9)10)5(11)12/h3H,2H2,1H3,(H,9,10)(H,11,12)(H,13,14)(H,15,16). The highest BCUT2D eigenvalue weighted by atomic mass is 16.6. The monoisotopic (exact) mass is 250 g/mol. The average Bonchev–Trinajstić information content (AvgIpc) is 2.17. The topological polar surface area (TPSA) is 158 Å². The molecule has 9 heteroatoms. The van der Waals surface area contributed by atoms with Crippen molar-refractivity contribution in [1.82, 2.24) is 0 Å². The molecule has 0 fully saturated rings. The molecule has 4 N–H and O–H groups in total. The van der Waals surface area contributed by atoms with Crippen molar-refractivity contribution in [2.24, 2.45) is 0 Å². The molecule has 96 valence electrons. The minimum atomic E-state index is -2.90. The van der Waals surface area contributed by atoms with Gasteiger partial charge in [0.2, 0.25) is 0 Å². The van der Waals surface area contributed by atoms with Crippen molar-refractivity contribution in [3.8, 4) is 0 Å². The van der Waals surface area contributed by atoms with Crippen LogP contribution in [0.25, 0.3) is 0 Å². The molecule has 0 amide bonds. The highest BCUT2D eigenvalue weighted by Gasteiger charge is 2.51. The fraction of sp³-hybridized carbons (Fsp3) is 0.500. The molecule has 0 aliphatic carbocycles. The van der Waals surface area contributed by atoms with Crippen LogP contribution in [0.3, 0.4) is 0 Å². The SMILES string of the molecule is CCC(OC(C(=O)O)C(=O)O)(C(=O)O)C(=O)O. The summed E-state index contributed by atoms with van der Waals surface area (Å²) in [6.45, 7) is 1.11. The molecule has 0 aliphatic rings. The summed E-state index contributed by atoms with van der Waals surface area (Å²) in [7, 11) is 0. The zero-order valence-electron chi connectivity index (χ0n) is 8.61. The van der Waals surface area contributed by atoms with E-state index >= 15 is 0 Å². The maximum Gasteiger partial charge on any atom is 0.347 e. The van der Waals surface area contributed by atoms with Crippen LogP contribution in [0.5, 0.6) is 0 Å². The van der Waals surface area contributed by atoms with Crippen molar-refractivity contribution in [3.05, 3.63) is 0 Å². The van der Waals surface area contributed by atoms with E-state index in [0.29, 0.717) is 0 Å². The second-order valence-electron chi connectivity index (χ2n) is 2.97. The summed E-state index contributed by atoms with van der Waals surface area (Å²) in [4.78, 5) is 42.5. The van der Waals surface area contributed by atoms with Crippen LogP contribution in [0.2, 0.25) is 0 Å². The van der Waals surface area contributed by atoms with Gasteiger partial charge in [-0.25, -0.2) is 19.2 Å². The first-order valence-corrected chi connectivity index (χ1v) is 4.29. The van der Waals surface area contributed by atoms with Crippen molar-refractivity contribution >= 4 is 23.9 Å². The molecule has 0 bridgehead atoms. The van der Waals surface area contributed by atoms with Gasteiger partial charge in [-0.2, -0.15) is 0 Å². The Morgan fingerprint density at radius 2 is 1.35 bits per heavy atom. The van der Waals surface area contributed by atoms with Crippen LogP contribution in [0.15, 0.2) is 0 Å². The first-order chi connectivity index (χ1) is 7.69. The van der Waals surface area contributed by atoms with Gasteiger partial charge in [-0.15, -0.1) is 0 Å². The molecule has 0 aromatic heterocycles. The van der Waals surface area contributed by atoms with E-state index in [2.05, 4.69) is 4.74 Å². The Bertz CT molecular complexity index is 330. The lowest BCUT2D eigenvalue weighted by molar-refractivity contribution is -0.199. The Morgan fingerprint density at radius 3 is 1.53 bits per heavy atom. The van der Waals surface area contributed by atoms with Crippen LogP contribution in [0.1, 0.15) is 13.3 Å². The maximum absolute atomic E-state index is 10.8. The van der Waals surface area contributed by atoms with Gasteiger partial charge in [-0.1, -0.05) is 6.92 Å². The third kappa shape index (κ3) is 2.91. The Balaban J connectivity index is 5.37. The number of hydrogen-bond acceptors (Lipinski definition) is 5. The molecule has 0 unspecified atom stereocenters. The van der Waals surface area contributed by atoms with Gasteiger partial charge >= 0.3 is 23.9 Å². The van der Waals surface area contributed by atoms with E-state index in [1.807, 2.05) is 0 Å². The molecule has 0 rings (SSSR count). The van der Waals surface area contributed by atoms with Gasteiger partial charge in [-0.3, -0.25) is 0 Å². The molecule has 0 atom stereocenters. The summed E-state index contributed by atoms with van der Waals surface area (Å²) in [5.74, 6) is -7.92. The molecule has 9 nitrogen and oxygen atoms in total. The Hall–Kier alpha value is -2.16. The van der Waals surface area contributed by atoms with Crippen LogP contribution < -0.4 is 0 Å². The molecule has 0 radical (unpaired) electrons. The van der Waals surface area contributed by atoms with E-state index in [0.717, 1.165) is 6.92 Å². The minimum absolute atomic E-state index is 0.630. The molecule has 0 aliphatic heterocycles. The second-order valence-corrected chi connectivity index (χ2v) is 2.97. The van der Waals surface area contributed by atoms with Gasteiger partial charge < -0.3 is 25.2 Å². The zero-order valence-corrected chi connectivity index (χ0v) is 8.61. The Morgan fingerprint density at radius 1 is 1.00 bits per heavy atom. The van der Waals surface area contributed by atoms with Gasteiger partial charge in [0.15, 0.2) is 0 Å². The van der Waals surface area contributed by atoms with Gasteiger partial charge in [0, 0.05) is 0 Å². The molecule has 0 saturated carbocycles. The van der Waals surface area contributed by atoms with Gasteiger partial charge in [0.1, 0.15) is 0 Å². The Labute approximate surface area is 94.2 Å². The van der Waals surface area contributed by atoms with E-state index in [9.17, 15) is 19.2 Å². The maximum atomic E-state index is 10.8. The van der Waals surface area contributed by atoms with E-state index in [1.54, 1.807) is 0 Å². The number of hydrogen-bond donors (Lipinski definition) is 4. The number of carboxylic acids is 4. The van der Waals surface area contributed by atoms with E-state index < -0.39 is 42.0 Å². The van der Waals surface area contributed by atoms with Gasteiger partial charge in [-0.05, 0) is 6.42 Å². The molecule has 17 heavy (non-hydrogen) atoms. The predicted octanol–water partition coefficient (Wildman–Crippen LogP) is -1.14. The number of aliphatic carboxylic acids is 4. The normalized spacial score (nSPS) is 11.2. The van der Waals surface area contributed by atoms with E-state index in [-0.39, 0.29) is 0 Å². The van der Waals surface area contributed by atoms with Gasteiger partial charge in [0.05, 0.1) is 0 Å². The molecule has 0 heterocycles. The third-order valence-corrected chi connectivity index (χ3v) is 1.96. The van der Waals surface area contributed by atoms with Crippen molar-refractivity contribution in [2.45, 2.75) is 25.0 Å². The fourth-order valence-corrected chi connectivity index (χ4v) is 0.986. The van der Waals surface area contributed by atoms with Crippen molar-refractivity contribution in [3.63, 3.8) is 0 Å². The summed E-state index contributed by atoms with van der Waals surface area (Å²) in [6.07, 6.45) is -3.20. The molecule has 0 aromatic carbocycles. The van der Waals surface area contributed by atoms with Crippen LogP contribution in [0.4, 0.5) is 0 Å². The summed E-state index contributed by atoms with van der Waals surface area (Å²) in [6, 6.07) is 0. The summed E-state index contributed by atoms with van der Waals surface area (Å²) in [5, 5.41) is 34.4. The second kappa shape index (κ2) is 5.25. The summed E-state index contributed by atoms with van der Waals surface area (Å²) < 4.78 is 4.23. The zero-order chi connectivity index (χ0) is 13.8. The molecule has 0 aromatic rings. The molecule has 0 spiro atoms. The summed E-state index contributed by atoms with van der Waals surface area (Å²) >= 11 is 0. The lowest BCUT2D eigenvalue weighted by Crippen LogP contribution is -2.53. The smallest absolute Gasteiger partial charge is 0.347 e. The molecular weight excluding hydrogens is 240 g/mol. The Kier molecular flexibility index (Phi) is 4.59. The quantitative estimate of drug-likeness (QED) is 0.409. The third-order valence-electron chi connectivity index (χ3n) is 1.96. The van der Waals surface area contributed by atoms with Crippen LogP contribution in [0, 0.1) is 0 Å². The lowest BCUT2D eigenvalue weighted by Gasteiger charge is -2.25. The van der Waals surface area contributed by atoms with Gasteiger partial charge in [0.25, 0.3) is 11.7 Å². The van der Waals surface area contributed by atoms with E-state index in [1.165, 1.54) is 0 Å². The molecular formula is C8H10O9. The number of carbonyl (C=O) groups is 4. The predicted molar refractivity (Wildman–Crippen MR) is 48.4 cm³/mol. The van der Waals surface area contributed by atoms with Crippen LogP contribution in [-0.4, -0.2) is 56.0 Å². The van der Waals surface area contributed by atoms with Crippen molar-refractivity contribution in [1.29, 1.82) is 0 Å². The largest absolute Gasteiger partial charge is 0.479 e. The number of rotatable bonds is 7. The summed E-state index contributed by atoms with van der Waals surface area (Å²) in [5.41, 5.74) is -2.90. The van der Waals surface area contributed by atoms with Crippen molar-refractivity contribution in [2.75, 3.05) is 0 Å². The number of carboxylic acid groups (broad SMARTS) is 4. The van der Waals surface area contributed by atoms with Crippen LogP contribution >= 0.6 is 0 Å². The minimum Gasteiger partial charge on any atom is -0.479 e. The lowest BCUT2D eigenvalue weighted by atomic mass is 10.0. The fourth-order valence-electron chi connectivity index (χ4n) is 0.986. The number of ether oxygens (including phenoxy) is 1. The highest BCUT2D eigenvalue weighted by Crippen LogP contribution is 2.20. The van der Waals surface area contributed by atoms with Crippen LogP contribution in [-0.2, 0) is 23.9 Å². The first-order valence-electron chi connectivity index (χ1n) is 4.29. The average molecular weight is 250 g/mol. The molecule has 0 saturated heterocycles. The van der Waals surface area contributed by atoms with E-state index in [4.69, 9.17) is 20.4 Å². The van der Waals surface area contributed by atoms with Crippen molar-refractivity contribution < 1.29 is 44.3 Å².